The third kappa shape index (κ3) is 9.91. The molecule has 34 heavy (non-hydrogen) atoms. The van der Waals surface area contributed by atoms with Crippen molar-refractivity contribution >= 4 is 23.1 Å². The fourth-order valence-corrected chi connectivity index (χ4v) is 4.04. The maximum Gasteiger partial charge on any atom is 0.271 e. The standard InChI is InChI=1S/C22H34FN3O2.C3H5Cl.C2H6/c1-4-19(15(2)23)21-25-20(16(3)26(21)12-8-17-5-6-17)22(27)24-11-7-18-9-13-28-14-10-18;1-2-3-4;1-2/h17-18H,4-14H2,1-3H3,(H,24,27);2H,1,3H2;1-2H3/b19-15-;;. The lowest BCUT2D eigenvalue weighted by Crippen LogP contribution is -2.28. The van der Waals surface area contributed by atoms with Crippen LogP contribution in [-0.2, 0) is 11.3 Å². The first-order valence-corrected chi connectivity index (χ1v) is 13.4. The minimum atomic E-state index is -0.216. The van der Waals surface area contributed by atoms with Crippen LogP contribution in [0.25, 0.3) is 5.57 Å². The van der Waals surface area contributed by atoms with Crippen LogP contribution in [0.5, 0.6) is 0 Å². The van der Waals surface area contributed by atoms with E-state index in [0.29, 0.717) is 41.9 Å². The van der Waals surface area contributed by atoms with Crippen molar-refractivity contribution in [3.63, 3.8) is 0 Å². The number of ether oxygens (including phenoxy) is 1. The molecule has 1 aromatic rings. The number of nitrogens with zero attached hydrogens (tertiary/aromatic N) is 2. The van der Waals surface area contributed by atoms with Crippen molar-refractivity contribution in [1.82, 2.24) is 14.9 Å². The number of carbonyl (C=O) groups is 1. The summed E-state index contributed by atoms with van der Waals surface area (Å²) in [6.45, 7) is 15.8. The van der Waals surface area contributed by atoms with Crippen molar-refractivity contribution in [2.24, 2.45) is 11.8 Å². The van der Waals surface area contributed by atoms with Crippen LogP contribution in [0.2, 0.25) is 0 Å². The first kappa shape index (κ1) is 30.4. The third-order valence-electron chi connectivity index (χ3n) is 6.22. The normalized spacial score (nSPS) is 16.4. The molecular formula is C27H45ClFN3O2. The molecule has 1 saturated heterocycles. The van der Waals surface area contributed by atoms with E-state index in [4.69, 9.17) is 16.3 Å². The Labute approximate surface area is 211 Å². The van der Waals surface area contributed by atoms with Crippen molar-refractivity contribution in [1.29, 1.82) is 0 Å². The van der Waals surface area contributed by atoms with Gasteiger partial charge in [0.2, 0.25) is 0 Å². The molecule has 0 aromatic carbocycles. The Morgan fingerprint density at radius 3 is 2.32 bits per heavy atom. The molecule has 5 nitrogen and oxygen atoms in total. The average Bonchev–Trinajstić information content (AvgIpc) is 3.63. The van der Waals surface area contributed by atoms with E-state index in [1.807, 2.05) is 32.3 Å². The molecule has 2 fully saturated rings. The Morgan fingerprint density at radius 1 is 1.24 bits per heavy atom. The van der Waals surface area contributed by atoms with Crippen molar-refractivity contribution < 1.29 is 13.9 Å². The average molecular weight is 498 g/mol. The second-order valence-corrected chi connectivity index (χ2v) is 8.97. The van der Waals surface area contributed by atoms with E-state index < -0.39 is 0 Å². The highest BCUT2D eigenvalue weighted by Gasteiger charge is 2.25. The van der Waals surface area contributed by atoms with Gasteiger partial charge < -0.3 is 14.6 Å². The summed E-state index contributed by atoms with van der Waals surface area (Å²) < 4.78 is 21.5. The van der Waals surface area contributed by atoms with Crippen molar-refractivity contribution in [2.45, 2.75) is 86.1 Å². The van der Waals surface area contributed by atoms with Gasteiger partial charge in [0.1, 0.15) is 17.3 Å². The number of nitrogens with one attached hydrogen (secondary N) is 1. The Kier molecular flexibility index (Phi) is 15.1. The molecule has 2 aliphatic rings. The van der Waals surface area contributed by atoms with Gasteiger partial charge in [-0.05, 0) is 57.8 Å². The highest BCUT2D eigenvalue weighted by molar-refractivity contribution is 6.18. The molecule has 3 rings (SSSR count). The Morgan fingerprint density at radius 2 is 1.82 bits per heavy atom. The zero-order valence-electron chi connectivity index (χ0n) is 21.9. The second-order valence-electron chi connectivity index (χ2n) is 8.66. The number of hydrogen-bond acceptors (Lipinski definition) is 3. The van der Waals surface area contributed by atoms with Gasteiger partial charge in [-0.15, -0.1) is 18.2 Å². The van der Waals surface area contributed by atoms with Gasteiger partial charge in [-0.2, -0.15) is 0 Å². The largest absolute Gasteiger partial charge is 0.381 e. The van der Waals surface area contributed by atoms with Gasteiger partial charge in [0.25, 0.3) is 5.91 Å². The maximum absolute atomic E-state index is 14.1. The van der Waals surface area contributed by atoms with E-state index in [1.165, 1.54) is 19.8 Å². The number of aromatic nitrogens is 2. The van der Waals surface area contributed by atoms with E-state index in [-0.39, 0.29) is 11.7 Å². The molecule has 194 valence electrons. The summed E-state index contributed by atoms with van der Waals surface area (Å²) >= 11 is 5.07. The van der Waals surface area contributed by atoms with Crippen molar-refractivity contribution in [3.8, 4) is 0 Å². The van der Waals surface area contributed by atoms with E-state index in [0.717, 1.165) is 57.1 Å². The van der Waals surface area contributed by atoms with Gasteiger partial charge in [-0.25, -0.2) is 9.37 Å². The van der Waals surface area contributed by atoms with E-state index >= 15 is 0 Å². The predicted molar refractivity (Wildman–Crippen MR) is 141 cm³/mol. The quantitative estimate of drug-likeness (QED) is 0.277. The van der Waals surface area contributed by atoms with Crippen LogP contribution in [0, 0.1) is 18.8 Å². The zero-order valence-corrected chi connectivity index (χ0v) is 22.6. The van der Waals surface area contributed by atoms with Gasteiger partial charge in [0.15, 0.2) is 0 Å². The van der Waals surface area contributed by atoms with E-state index in [2.05, 4.69) is 16.9 Å². The molecule has 1 amide bonds. The summed E-state index contributed by atoms with van der Waals surface area (Å²) in [5.74, 6) is 2.20. The number of allylic oxidation sites excluding steroid dienone is 3. The lowest BCUT2D eigenvalue weighted by molar-refractivity contribution is 0.0636. The molecule has 0 atom stereocenters. The number of imidazole rings is 1. The molecule has 1 aliphatic heterocycles. The highest BCUT2D eigenvalue weighted by atomic mass is 35.5. The molecule has 1 saturated carbocycles. The summed E-state index contributed by atoms with van der Waals surface area (Å²) in [6, 6.07) is 0. The summed E-state index contributed by atoms with van der Waals surface area (Å²) in [6.07, 6.45) is 8.92. The Balaban J connectivity index is 0.000000872. The predicted octanol–water partition coefficient (Wildman–Crippen LogP) is 7.09. The van der Waals surface area contributed by atoms with Crippen LogP contribution in [0.4, 0.5) is 4.39 Å². The first-order valence-electron chi connectivity index (χ1n) is 12.9. The van der Waals surface area contributed by atoms with E-state index in [1.54, 1.807) is 6.08 Å². The van der Waals surface area contributed by atoms with Crippen LogP contribution in [0.1, 0.15) is 94.6 Å². The fourth-order valence-electron chi connectivity index (χ4n) is 4.04. The van der Waals surface area contributed by atoms with E-state index in [9.17, 15) is 9.18 Å². The number of amides is 1. The first-order chi connectivity index (χ1) is 16.4. The number of rotatable bonds is 10. The second kappa shape index (κ2) is 16.9. The summed E-state index contributed by atoms with van der Waals surface area (Å²) in [5, 5.41) is 3.03. The number of carbonyl (C=O) groups excluding carboxylic acids is 1. The van der Waals surface area contributed by atoms with Crippen molar-refractivity contribution in [2.75, 3.05) is 25.6 Å². The number of hydrogen-bond donors (Lipinski definition) is 1. The van der Waals surface area contributed by atoms with Crippen LogP contribution in [-0.4, -0.2) is 41.1 Å². The summed E-state index contributed by atoms with van der Waals surface area (Å²) in [5.41, 5.74) is 1.87. The monoisotopic (exact) mass is 497 g/mol. The zero-order chi connectivity index (χ0) is 25.5. The smallest absolute Gasteiger partial charge is 0.271 e. The minimum Gasteiger partial charge on any atom is -0.381 e. The van der Waals surface area contributed by atoms with Crippen LogP contribution < -0.4 is 5.32 Å². The van der Waals surface area contributed by atoms with Gasteiger partial charge in [-0.1, -0.05) is 39.7 Å². The minimum absolute atomic E-state index is 0.150. The molecule has 1 aromatic heterocycles. The van der Waals surface area contributed by atoms with Crippen molar-refractivity contribution in [3.05, 3.63) is 35.7 Å². The lowest BCUT2D eigenvalue weighted by atomic mass is 9.97. The molecule has 1 aliphatic carbocycles. The van der Waals surface area contributed by atoms with Gasteiger partial charge >= 0.3 is 0 Å². The maximum atomic E-state index is 14.1. The fraction of sp³-hybridized carbons (Fsp3) is 0.704. The van der Waals surface area contributed by atoms with Crippen LogP contribution in [0.3, 0.4) is 0 Å². The lowest BCUT2D eigenvalue weighted by Gasteiger charge is -2.21. The van der Waals surface area contributed by atoms with Crippen LogP contribution >= 0.6 is 11.6 Å². The number of alkyl halides is 1. The topological polar surface area (TPSA) is 56.1 Å². The van der Waals surface area contributed by atoms with Gasteiger partial charge in [0.05, 0.1) is 0 Å². The molecule has 0 spiro atoms. The van der Waals surface area contributed by atoms with Gasteiger partial charge in [-0.3, -0.25) is 4.79 Å². The Bertz CT molecular complexity index is 777. The van der Waals surface area contributed by atoms with Gasteiger partial charge in [0, 0.05) is 43.5 Å². The highest BCUT2D eigenvalue weighted by Crippen LogP contribution is 2.34. The molecule has 0 radical (unpaired) electrons. The molecule has 7 heteroatoms. The molecular weight excluding hydrogens is 453 g/mol. The Hall–Kier alpha value is -1.66. The summed E-state index contributed by atoms with van der Waals surface area (Å²) in [7, 11) is 0. The molecule has 1 N–H and O–H groups in total. The summed E-state index contributed by atoms with van der Waals surface area (Å²) in [4.78, 5) is 17.4. The third-order valence-corrected chi connectivity index (χ3v) is 6.44. The molecule has 0 bridgehead atoms. The molecule has 0 unspecified atom stereocenters. The number of halogens is 2. The SMILES string of the molecule is C=CCCl.CC.CC/C(=C(\C)F)c1nc(C(=O)NCCC2CCOCC2)c(C)n1CCC1CC1. The molecule has 2 heterocycles. The van der Waals surface area contributed by atoms with Crippen LogP contribution in [0.15, 0.2) is 18.5 Å².